The Kier molecular flexibility index (Phi) is 7.45. The number of aromatic nitrogens is 1. The van der Waals surface area contributed by atoms with Crippen LogP contribution in [0, 0.1) is 24.2 Å². The zero-order valence-electron chi connectivity index (χ0n) is 20.2. The molecule has 5 atom stereocenters. The highest BCUT2D eigenvalue weighted by Gasteiger charge is 2.42. The van der Waals surface area contributed by atoms with Crippen LogP contribution in [0.4, 0.5) is 5.82 Å². The molecule has 0 aromatic carbocycles. The van der Waals surface area contributed by atoms with Gasteiger partial charge in [-0.05, 0) is 65.0 Å². The second-order valence-corrected chi connectivity index (χ2v) is 11.7. The van der Waals surface area contributed by atoms with Crippen LogP contribution in [0.15, 0.2) is 17.0 Å². The molecule has 3 fully saturated rings. The van der Waals surface area contributed by atoms with Gasteiger partial charge in [-0.15, -0.1) is 0 Å². The summed E-state index contributed by atoms with van der Waals surface area (Å²) in [5.74, 6) is 0.110. The largest absolute Gasteiger partial charge is 0.377 e. The Morgan fingerprint density at radius 1 is 1.18 bits per heavy atom. The Morgan fingerprint density at radius 3 is 2.62 bits per heavy atom. The Bertz CT molecular complexity index is 1050. The van der Waals surface area contributed by atoms with Gasteiger partial charge in [0.1, 0.15) is 16.8 Å². The fourth-order valence-corrected chi connectivity index (χ4v) is 7.27. The minimum absolute atomic E-state index is 0.0240. The van der Waals surface area contributed by atoms with Crippen LogP contribution < -0.4 is 10.2 Å². The first kappa shape index (κ1) is 24.9. The molecule has 34 heavy (non-hydrogen) atoms. The number of nitriles is 1. The molecule has 1 N–H and O–H groups in total. The molecule has 0 radical (unpaired) electrons. The van der Waals surface area contributed by atoms with Crippen LogP contribution in [0.5, 0.6) is 0 Å². The minimum Gasteiger partial charge on any atom is -0.377 e. The van der Waals surface area contributed by atoms with Gasteiger partial charge in [0.2, 0.25) is 15.9 Å². The van der Waals surface area contributed by atoms with Gasteiger partial charge in [0.15, 0.2) is 0 Å². The molecule has 0 unspecified atom stereocenters. The molecule has 1 amide bonds. The van der Waals surface area contributed by atoms with Crippen molar-refractivity contribution < 1.29 is 17.9 Å². The average molecular weight is 490 g/mol. The van der Waals surface area contributed by atoms with Crippen molar-refractivity contribution >= 4 is 21.7 Å². The zero-order valence-corrected chi connectivity index (χ0v) is 21.1. The van der Waals surface area contributed by atoms with Gasteiger partial charge in [-0.1, -0.05) is 6.42 Å². The SMILES string of the molecule is Cc1ccc(S(=O)(=O)N2CCC[C@H]2C(=O)N[C@@H]2CCC[C@@H](C#N)C2)c(N2[C@@H](C)COC[C@@H]2C)n1. The lowest BCUT2D eigenvalue weighted by Gasteiger charge is -2.40. The smallest absolute Gasteiger partial charge is 0.247 e. The van der Waals surface area contributed by atoms with E-state index in [1.54, 1.807) is 12.1 Å². The number of anilines is 1. The van der Waals surface area contributed by atoms with Crippen molar-refractivity contribution in [3.63, 3.8) is 0 Å². The number of amides is 1. The van der Waals surface area contributed by atoms with E-state index in [0.29, 0.717) is 44.8 Å². The summed E-state index contributed by atoms with van der Waals surface area (Å²) in [6.07, 6.45) is 4.31. The van der Waals surface area contributed by atoms with E-state index in [2.05, 4.69) is 16.4 Å². The molecule has 0 bridgehead atoms. The Balaban J connectivity index is 1.60. The number of carbonyl (C=O) groups is 1. The predicted octanol–water partition coefficient (Wildman–Crippen LogP) is 2.36. The maximum atomic E-state index is 13.9. The van der Waals surface area contributed by atoms with Crippen LogP contribution in [0.1, 0.15) is 58.1 Å². The zero-order chi connectivity index (χ0) is 24.5. The summed E-state index contributed by atoms with van der Waals surface area (Å²) in [5.41, 5.74) is 0.736. The molecule has 1 aromatic heterocycles. The Morgan fingerprint density at radius 2 is 1.91 bits per heavy atom. The van der Waals surface area contributed by atoms with Crippen molar-refractivity contribution in [1.82, 2.24) is 14.6 Å². The monoisotopic (exact) mass is 489 g/mol. The number of aryl methyl sites for hydroxylation is 1. The van der Waals surface area contributed by atoms with Gasteiger partial charge in [-0.3, -0.25) is 4.79 Å². The first-order valence-corrected chi connectivity index (χ1v) is 13.7. The third-order valence-electron chi connectivity index (χ3n) is 7.19. The van der Waals surface area contributed by atoms with Crippen LogP contribution in [-0.4, -0.2) is 67.5 Å². The van der Waals surface area contributed by atoms with E-state index in [0.717, 1.165) is 25.0 Å². The molecule has 2 saturated heterocycles. The Hall–Kier alpha value is -2.22. The van der Waals surface area contributed by atoms with E-state index < -0.39 is 16.1 Å². The van der Waals surface area contributed by atoms with Crippen molar-refractivity contribution in [2.24, 2.45) is 5.92 Å². The third kappa shape index (κ3) is 4.92. The van der Waals surface area contributed by atoms with Crippen molar-refractivity contribution in [1.29, 1.82) is 5.26 Å². The lowest BCUT2D eigenvalue weighted by molar-refractivity contribution is -0.125. The number of nitrogens with zero attached hydrogens (tertiary/aromatic N) is 4. The summed E-state index contributed by atoms with van der Waals surface area (Å²) in [6.45, 7) is 7.15. The van der Waals surface area contributed by atoms with Gasteiger partial charge in [0.25, 0.3) is 0 Å². The summed E-state index contributed by atoms with van der Waals surface area (Å²) >= 11 is 0. The molecule has 1 aromatic rings. The van der Waals surface area contributed by atoms with Crippen LogP contribution in [0.3, 0.4) is 0 Å². The average Bonchev–Trinajstić information content (AvgIpc) is 3.30. The number of hydrogen-bond donors (Lipinski definition) is 1. The normalized spacial score (nSPS) is 30.6. The number of rotatable bonds is 5. The number of hydrogen-bond acceptors (Lipinski definition) is 7. The fourth-order valence-electron chi connectivity index (χ4n) is 5.49. The molecule has 3 aliphatic rings. The lowest BCUT2D eigenvalue weighted by Crippen LogP contribution is -2.52. The molecule has 4 rings (SSSR count). The molecule has 186 valence electrons. The lowest BCUT2D eigenvalue weighted by atomic mass is 9.86. The topological polar surface area (TPSA) is 116 Å². The molecule has 1 aliphatic carbocycles. The van der Waals surface area contributed by atoms with Gasteiger partial charge in [-0.2, -0.15) is 9.57 Å². The molecule has 0 spiro atoms. The quantitative estimate of drug-likeness (QED) is 0.675. The molecule has 3 heterocycles. The first-order chi connectivity index (χ1) is 16.2. The fraction of sp³-hybridized carbons (Fsp3) is 0.708. The summed E-state index contributed by atoms with van der Waals surface area (Å²) < 4.78 is 34.8. The van der Waals surface area contributed by atoms with E-state index in [9.17, 15) is 18.5 Å². The standard InChI is InChI=1S/C24H35N5O4S/c1-16-9-10-22(23(26-16)29-17(2)14-33-15-18(29)3)34(31,32)28-11-5-8-21(28)24(30)27-20-7-4-6-19(12-20)13-25/h9-10,17-21H,4-8,11-12,14-15H2,1-3H3,(H,27,30)/t17-,18-,19+,20+,21-/m0/s1. The minimum atomic E-state index is -3.96. The van der Waals surface area contributed by atoms with Gasteiger partial charge in [0.05, 0.1) is 31.4 Å². The number of ether oxygens (including phenoxy) is 1. The maximum absolute atomic E-state index is 13.9. The highest BCUT2D eigenvalue weighted by Crippen LogP contribution is 2.34. The highest BCUT2D eigenvalue weighted by molar-refractivity contribution is 7.89. The Labute approximate surface area is 202 Å². The number of pyridine rings is 1. The maximum Gasteiger partial charge on any atom is 0.247 e. The summed E-state index contributed by atoms with van der Waals surface area (Å²) in [6, 6.07) is 4.75. The molecule has 1 saturated carbocycles. The van der Waals surface area contributed by atoms with Gasteiger partial charge in [-0.25, -0.2) is 13.4 Å². The number of carbonyl (C=O) groups excluding carboxylic acids is 1. The third-order valence-corrected chi connectivity index (χ3v) is 9.12. The molecule has 2 aliphatic heterocycles. The summed E-state index contributed by atoms with van der Waals surface area (Å²) in [7, 11) is -3.96. The first-order valence-electron chi connectivity index (χ1n) is 12.3. The number of morpholine rings is 1. The van der Waals surface area contributed by atoms with Gasteiger partial charge < -0.3 is 15.0 Å². The van der Waals surface area contributed by atoms with Crippen LogP contribution >= 0.6 is 0 Å². The van der Waals surface area contributed by atoms with Gasteiger partial charge >= 0.3 is 0 Å². The number of nitrogens with one attached hydrogen (secondary N) is 1. The van der Waals surface area contributed by atoms with Crippen LogP contribution in [-0.2, 0) is 19.6 Å². The number of sulfonamides is 1. The van der Waals surface area contributed by atoms with E-state index in [-0.39, 0.29) is 34.8 Å². The molecule has 10 heteroatoms. The summed E-state index contributed by atoms with van der Waals surface area (Å²) in [5, 5.41) is 12.3. The van der Waals surface area contributed by atoms with Crippen molar-refractivity contribution in [2.75, 3.05) is 24.7 Å². The van der Waals surface area contributed by atoms with Crippen LogP contribution in [0.25, 0.3) is 0 Å². The van der Waals surface area contributed by atoms with E-state index in [4.69, 9.17) is 4.74 Å². The molecule has 9 nitrogen and oxygen atoms in total. The summed E-state index contributed by atoms with van der Waals surface area (Å²) in [4.78, 5) is 20.0. The van der Waals surface area contributed by atoms with Crippen molar-refractivity contribution in [3.8, 4) is 6.07 Å². The second kappa shape index (κ2) is 10.2. The van der Waals surface area contributed by atoms with Crippen molar-refractivity contribution in [2.45, 2.75) is 88.4 Å². The van der Waals surface area contributed by atoms with E-state index in [1.165, 1.54) is 4.31 Å². The second-order valence-electron chi connectivity index (χ2n) is 9.89. The molecular weight excluding hydrogens is 454 g/mol. The van der Waals surface area contributed by atoms with E-state index >= 15 is 0 Å². The highest BCUT2D eigenvalue weighted by atomic mass is 32.2. The predicted molar refractivity (Wildman–Crippen MR) is 128 cm³/mol. The van der Waals surface area contributed by atoms with Crippen molar-refractivity contribution in [3.05, 3.63) is 17.8 Å². The van der Waals surface area contributed by atoms with Crippen LogP contribution in [0.2, 0.25) is 0 Å². The molecular formula is C24H35N5O4S. The van der Waals surface area contributed by atoms with Gasteiger partial charge in [0, 0.05) is 24.2 Å². The van der Waals surface area contributed by atoms with E-state index in [1.807, 2.05) is 25.7 Å².